The monoisotopic (exact) mass is 491 g/mol. The molecule has 0 bridgehead atoms. The van der Waals surface area contributed by atoms with Crippen molar-refractivity contribution in [2.24, 2.45) is 0 Å². The second kappa shape index (κ2) is 10.3. The number of nitriles is 1. The Morgan fingerprint density at radius 3 is 2.79 bits per heavy atom. The van der Waals surface area contributed by atoms with Crippen LogP contribution in [-0.4, -0.2) is 17.6 Å². The Balaban J connectivity index is 1.54. The molecular formula is C25H18ClN3O4S. The van der Waals surface area contributed by atoms with Crippen molar-refractivity contribution in [2.45, 2.75) is 13.3 Å². The number of allylic oxidation sites excluding steroid dienone is 1. The van der Waals surface area contributed by atoms with Crippen molar-refractivity contribution in [2.75, 3.05) is 11.9 Å². The van der Waals surface area contributed by atoms with Gasteiger partial charge in [0.15, 0.2) is 0 Å². The number of carbonyl (C=O) groups is 1. The van der Waals surface area contributed by atoms with Gasteiger partial charge in [-0.3, -0.25) is 0 Å². The number of esters is 1. The molecule has 0 atom stereocenters. The first-order valence-electron chi connectivity index (χ1n) is 10.3. The van der Waals surface area contributed by atoms with Crippen LogP contribution in [0, 0.1) is 11.3 Å². The molecule has 2 aromatic heterocycles. The van der Waals surface area contributed by atoms with Crippen molar-refractivity contribution in [3.05, 3.63) is 86.1 Å². The van der Waals surface area contributed by atoms with Gasteiger partial charge in [-0.15, -0.1) is 11.3 Å². The normalized spacial score (nSPS) is 11.3. The van der Waals surface area contributed by atoms with Crippen LogP contribution >= 0.6 is 22.9 Å². The van der Waals surface area contributed by atoms with Crippen LogP contribution in [0.1, 0.15) is 28.7 Å². The largest absolute Gasteiger partial charge is 0.462 e. The molecule has 2 heterocycles. The highest BCUT2D eigenvalue weighted by Gasteiger charge is 2.14. The summed E-state index contributed by atoms with van der Waals surface area (Å²) in [6, 6.07) is 15.5. The lowest BCUT2D eigenvalue weighted by molar-refractivity contribution is 0.0505. The van der Waals surface area contributed by atoms with Crippen LogP contribution in [0.2, 0.25) is 5.02 Å². The third-order valence-corrected chi connectivity index (χ3v) is 5.88. The van der Waals surface area contributed by atoms with Crippen LogP contribution in [-0.2, 0) is 4.74 Å². The molecule has 0 unspecified atom stereocenters. The lowest BCUT2D eigenvalue weighted by Gasteiger charge is -2.05. The van der Waals surface area contributed by atoms with Gasteiger partial charge in [-0.2, -0.15) is 5.26 Å². The van der Waals surface area contributed by atoms with E-state index >= 15 is 0 Å². The molecule has 4 rings (SSSR count). The molecule has 1 N–H and O–H groups in total. The van der Waals surface area contributed by atoms with Gasteiger partial charge in [-0.05, 0) is 55.0 Å². The van der Waals surface area contributed by atoms with E-state index < -0.39 is 5.63 Å². The van der Waals surface area contributed by atoms with Gasteiger partial charge in [-0.1, -0.05) is 18.5 Å². The molecule has 2 aromatic carbocycles. The van der Waals surface area contributed by atoms with Crippen molar-refractivity contribution in [3.8, 4) is 17.3 Å². The number of thiazole rings is 1. The number of hydrogen-bond acceptors (Lipinski definition) is 8. The molecular weight excluding hydrogens is 474 g/mol. The second-order valence-electron chi connectivity index (χ2n) is 7.20. The Kier molecular flexibility index (Phi) is 7.07. The number of rotatable bonds is 7. The number of fused-ring (bicyclic) bond motifs is 1. The molecule has 0 aliphatic heterocycles. The van der Waals surface area contributed by atoms with Gasteiger partial charge in [0.2, 0.25) is 0 Å². The fourth-order valence-electron chi connectivity index (χ4n) is 3.07. The maximum atomic E-state index is 12.5. The Hall–Kier alpha value is -3.93. The maximum Gasteiger partial charge on any atom is 0.345 e. The zero-order chi connectivity index (χ0) is 24.1. The van der Waals surface area contributed by atoms with Crippen molar-refractivity contribution in [1.29, 1.82) is 5.26 Å². The first kappa shape index (κ1) is 23.2. The summed E-state index contributed by atoms with van der Waals surface area (Å²) in [5.74, 6) is -0.377. The first-order valence-corrected chi connectivity index (χ1v) is 11.6. The van der Waals surface area contributed by atoms with Crippen LogP contribution in [0.4, 0.5) is 5.69 Å². The summed E-state index contributed by atoms with van der Waals surface area (Å²) in [5.41, 5.74) is 2.02. The summed E-state index contributed by atoms with van der Waals surface area (Å²) in [4.78, 5) is 28.8. The van der Waals surface area contributed by atoms with Gasteiger partial charge >= 0.3 is 11.6 Å². The van der Waals surface area contributed by atoms with Crippen molar-refractivity contribution >= 4 is 51.1 Å². The van der Waals surface area contributed by atoms with Crippen LogP contribution in [0.5, 0.6) is 0 Å². The Morgan fingerprint density at radius 1 is 1.26 bits per heavy atom. The number of nitrogens with one attached hydrogen (secondary N) is 1. The van der Waals surface area contributed by atoms with Gasteiger partial charge < -0.3 is 14.5 Å². The fourth-order valence-corrected chi connectivity index (χ4v) is 4.04. The lowest BCUT2D eigenvalue weighted by atomic mass is 10.1. The summed E-state index contributed by atoms with van der Waals surface area (Å²) >= 11 is 7.28. The zero-order valence-corrected chi connectivity index (χ0v) is 19.6. The minimum atomic E-state index is -0.523. The fraction of sp³-hybridized carbons (Fsp3) is 0.120. The molecule has 170 valence electrons. The van der Waals surface area contributed by atoms with Crippen LogP contribution in [0.25, 0.3) is 27.8 Å². The lowest BCUT2D eigenvalue weighted by Crippen LogP contribution is -2.05. The highest BCUT2D eigenvalue weighted by molar-refractivity contribution is 7.11. The standard InChI is InChI=1S/C25H18ClN3O4S/c1-2-9-32-24(30)15-3-6-19(7-4-15)28-13-17(12-27)23-29-21(14-34-23)20-11-16-10-18(26)5-8-22(16)33-25(20)31/h3-8,10-11,13-14,28H,2,9H2,1H3/b17-13+. The van der Waals surface area contributed by atoms with Crippen LogP contribution < -0.4 is 10.9 Å². The summed E-state index contributed by atoms with van der Waals surface area (Å²) in [6.07, 6.45) is 2.28. The minimum absolute atomic E-state index is 0.285. The smallest absolute Gasteiger partial charge is 0.345 e. The highest BCUT2D eigenvalue weighted by Crippen LogP contribution is 2.27. The van der Waals surface area contributed by atoms with Crippen molar-refractivity contribution in [3.63, 3.8) is 0 Å². The molecule has 0 amide bonds. The Morgan fingerprint density at radius 2 is 2.06 bits per heavy atom. The maximum absolute atomic E-state index is 12.5. The predicted molar refractivity (Wildman–Crippen MR) is 133 cm³/mol. The number of anilines is 1. The molecule has 0 aliphatic rings. The van der Waals surface area contributed by atoms with Gasteiger partial charge in [0.1, 0.15) is 22.2 Å². The third kappa shape index (κ3) is 5.17. The summed E-state index contributed by atoms with van der Waals surface area (Å²) in [6.45, 7) is 2.30. The van der Waals surface area contributed by atoms with E-state index in [1.165, 1.54) is 17.5 Å². The molecule has 4 aromatic rings. The van der Waals surface area contributed by atoms with E-state index in [4.69, 9.17) is 20.8 Å². The van der Waals surface area contributed by atoms with Crippen molar-refractivity contribution in [1.82, 2.24) is 4.98 Å². The van der Waals surface area contributed by atoms with Gasteiger partial charge in [0.05, 0.1) is 23.4 Å². The number of nitrogens with zero attached hydrogens (tertiary/aromatic N) is 2. The van der Waals surface area contributed by atoms with E-state index in [1.807, 2.05) is 6.92 Å². The Labute approximate surface area is 203 Å². The average molecular weight is 492 g/mol. The molecule has 7 nitrogen and oxygen atoms in total. The molecule has 9 heteroatoms. The predicted octanol–water partition coefficient (Wildman–Crippen LogP) is 6.11. The quantitative estimate of drug-likeness (QED) is 0.189. The Bertz CT molecular complexity index is 1480. The summed E-state index contributed by atoms with van der Waals surface area (Å²) in [7, 11) is 0. The molecule has 0 saturated carbocycles. The third-order valence-electron chi connectivity index (χ3n) is 4.77. The topological polar surface area (TPSA) is 105 Å². The van der Waals surface area contributed by atoms with Crippen molar-refractivity contribution < 1.29 is 13.9 Å². The summed E-state index contributed by atoms with van der Waals surface area (Å²) < 4.78 is 10.5. The van der Waals surface area contributed by atoms with E-state index in [-0.39, 0.29) is 17.1 Å². The summed E-state index contributed by atoms with van der Waals surface area (Å²) in [5, 5.41) is 16.0. The molecule has 0 fully saturated rings. The van der Waals surface area contributed by atoms with E-state index in [0.29, 0.717) is 44.6 Å². The van der Waals surface area contributed by atoms with Gasteiger partial charge in [0, 0.05) is 27.7 Å². The molecule has 0 spiro atoms. The van der Waals surface area contributed by atoms with Gasteiger partial charge in [0.25, 0.3) is 0 Å². The zero-order valence-electron chi connectivity index (χ0n) is 18.0. The molecule has 0 aliphatic carbocycles. The highest BCUT2D eigenvalue weighted by atomic mass is 35.5. The first-order chi connectivity index (χ1) is 16.5. The second-order valence-corrected chi connectivity index (χ2v) is 8.49. The number of benzene rings is 2. The van der Waals surface area contributed by atoms with E-state index in [9.17, 15) is 14.9 Å². The average Bonchev–Trinajstić information content (AvgIpc) is 3.33. The van der Waals surface area contributed by atoms with Crippen LogP contribution in [0.3, 0.4) is 0 Å². The molecule has 0 saturated heterocycles. The number of halogens is 1. The molecule has 34 heavy (non-hydrogen) atoms. The number of carbonyl (C=O) groups excluding carboxylic acids is 1. The van der Waals surface area contributed by atoms with Crippen LogP contribution in [0.15, 0.2) is 69.3 Å². The van der Waals surface area contributed by atoms with E-state index in [2.05, 4.69) is 16.4 Å². The number of ether oxygens (including phenoxy) is 1. The van der Waals surface area contributed by atoms with Gasteiger partial charge in [-0.25, -0.2) is 14.6 Å². The number of hydrogen-bond donors (Lipinski definition) is 1. The molecule has 0 radical (unpaired) electrons. The van der Waals surface area contributed by atoms with E-state index in [0.717, 1.165) is 6.42 Å². The number of aromatic nitrogens is 1. The van der Waals surface area contributed by atoms with E-state index in [1.54, 1.807) is 53.9 Å². The minimum Gasteiger partial charge on any atom is -0.462 e. The SMILES string of the molecule is CCCOC(=O)c1ccc(N/C=C(\C#N)c2nc(-c3cc4cc(Cl)ccc4oc3=O)cs2)cc1.